The molecule has 0 aliphatic carbocycles. The van der Waals surface area contributed by atoms with Gasteiger partial charge in [0.2, 0.25) is 0 Å². The number of thiocarbonyl (C=S) groups is 1. The van der Waals surface area contributed by atoms with Crippen molar-refractivity contribution in [2.45, 2.75) is 19.4 Å². The van der Waals surface area contributed by atoms with E-state index in [0.29, 0.717) is 5.69 Å². The lowest BCUT2D eigenvalue weighted by Gasteiger charge is -2.17. The van der Waals surface area contributed by atoms with Gasteiger partial charge in [-0.15, -0.1) is 0 Å². The number of aliphatic carboxylic acids is 2. The number of nitrogens with zero attached hydrogens (tertiary/aromatic N) is 3. The molecule has 0 spiro atoms. The van der Waals surface area contributed by atoms with Crippen LogP contribution in [0.3, 0.4) is 0 Å². The fourth-order valence-electron chi connectivity index (χ4n) is 2.63. The van der Waals surface area contributed by atoms with Crippen molar-refractivity contribution in [3.8, 4) is 0 Å². The Kier molecular flexibility index (Phi) is 7.76. The third kappa shape index (κ3) is 7.45. The molecule has 0 unspecified atom stereocenters. The van der Waals surface area contributed by atoms with Crippen LogP contribution in [-0.4, -0.2) is 50.3 Å². The van der Waals surface area contributed by atoms with Crippen molar-refractivity contribution in [1.29, 1.82) is 0 Å². The molecular formula is C19H19N3O4S. The van der Waals surface area contributed by atoms with E-state index in [1.165, 1.54) is 4.90 Å². The quantitative estimate of drug-likeness (QED) is 0.478. The molecule has 0 amide bonds. The van der Waals surface area contributed by atoms with Crippen LogP contribution in [0, 0.1) is 0 Å². The minimum atomic E-state index is -1.08. The van der Waals surface area contributed by atoms with Gasteiger partial charge in [0.1, 0.15) is 0 Å². The molecule has 0 radical (unpaired) electrons. The lowest BCUT2D eigenvalue weighted by Crippen LogP contribution is -2.34. The van der Waals surface area contributed by atoms with Crippen LogP contribution in [0.5, 0.6) is 0 Å². The number of rotatable bonds is 10. The van der Waals surface area contributed by atoms with Crippen molar-refractivity contribution < 1.29 is 19.8 Å². The van der Waals surface area contributed by atoms with E-state index in [4.69, 9.17) is 10.2 Å². The Morgan fingerprint density at radius 2 is 1.67 bits per heavy atom. The maximum absolute atomic E-state index is 10.9. The molecule has 8 heteroatoms. The highest BCUT2D eigenvalue weighted by Crippen LogP contribution is 2.15. The van der Waals surface area contributed by atoms with Crippen LogP contribution in [0.25, 0.3) is 0 Å². The summed E-state index contributed by atoms with van der Waals surface area (Å²) in [7, 11) is 0. The second-order valence-electron chi connectivity index (χ2n) is 5.96. The minimum Gasteiger partial charge on any atom is -0.480 e. The Labute approximate surface area is 162 Å². The van der Waals surface area contributed by atoms with Crippen LogP contribution < -0.4 is 0 Å². The van der Waals surface area contributed by atoms with E-state index in [0.717, 1.165) is 29.7 Å². The third-order valence-electron chi connectivity index (χ3n) is 3.80. The lowest BCUT2D eigenvalue weighted by molar-refractivity contribution is -0.142. The molecule has 0 fully saturated rings. The highest BCUT2D eigenvalue weighted by Gasteiger charge is 2.14. The Morgan fingerprint density at radius 3 is 2.26 bits per heavy atom. The van der Waals surface area contributed by atoms with Gasteiger partial charge in [-0.2, -0.15) is 4.99 Å². The van der Waals surface area contributed by atoms with E-state index in [1.807, 2.05) is 36.4 Å². The van der Waals surface area contributed by atoms with E-state index in [-0.39, 0.29) is 19.6 Å². The zero-order chi connectivity index (χ0) is 19.6. The van der Waals surface area contributed by atoms with Crippen LogP contribution in [-0.2, 0) is 29.0 Å². The standard InChI is InChI=1S/C19H19N3O4S/c23-18(24)11-22(12-19(25)26)10-17-9-15(7-8-20-17)2-1-14-3-5-16(6-4-14)21-13-27/h3-9H,1-2,10-12H2,(H,23,24)(H,25,26). The molecule has 0 aliphatic heterocycles. The van der Waals surface area contributed by atoms with Crippen LogP contribution in [0.4, 0.5) is 5.69 Å². The molecule has 1 aromatic heterocycles. The van der Waals surface area contributed by atoms with Crippen molar-refractivity contribution in [3.05, 3.63) is 59.4 Å². The van der Waals surface area contributed by atoms with Gasteiger partial charge in [0.15, 0.2) is 0 Å². The first-order chi connectivity index (χ1) is 13.0. The Hall–Kier alpha value is -2.93. The van der Waals surface area contributed by atoms with E-state index in [9.17, 15) is 9.59 Å². The SMILES string of the molecule is O=C(O)CN(CC(=O)O)Cc1cc(CCc2ccc(N=C=S)cc2)ccn1. The maximum atomic E-state index is 10.9. The largest absolute Gasteiger partial charge is 0.480 e. The number of carboxylic acid groups (broad SMARTS) is 2. The van der Waals surface area contributed by atoms with E-state index >= 15 is 0 Å². The molecule has 0 atom stereocenters. The van der Waals surface area contributed by atoms with Gasteiger partial charge in [0.25, 0.3) is 0 Å². The van der Waals surface area contributed by atoms with Crippen LogP contribution in [0.2, 0.25) is 0 Å². The second-order valence-corrected chi connectivity index (χ2v) is 6.14. The summed E-state index contributed by atoms with van der Waals surface area (Å²) in [6.45, 7) is -0.541. The molecule has 1 heterocycles. The molecule has 0 aliphatic rings. The van der Waals surface area contributed by atoms with Crippen molar-refractivity contribution >= 4 is 35.0 Å². The van der Waals surface area contributed by atoms with Gasteiger partial charge in [-0.25, -0.2) is 0 Å². The van der Waals surface area contributed by atoms with Gasteiger partial charge in [-0.1, -0.05) is 12.1 Å². The molecule has 7 nitrogen and oxygen atoms in total. The molecule has 0 saturated carbocycles. The predicted octanol–water partition coefficient (Wildman–Crippen LogP) is 2.57. The lowest BCUT2D eigenvalue weighted by atomic mass is 10.0. The highest BCUT2D eigenvalue weighted by molar-refractivity contribution is 7.78. The molecule has 0 saturated heterocycles. The number of hydrogen-bond acceptors (Lipinski definition) is 6. The summed E-state index contributed by atoms with van der Waals surface area (Å²) >= 11 is 4.58. The summed E-state index contributed by atoms with van der Waals surface area (Å²) in [5, 5.41) is 20.2. The summed E-state index contributed by atoms with van der Waals surface area (Å²) in [5.41, 5.74) is 3.60. The normalized spacial score (nSPS) is 10.4. The molecule has 2 N–H and O–H groups in total. The zero-order valence-electron chi connectivity index (χ0n) is 14.5. The average molecular weight is 385 g/mol. The van der Waals surface area contributed by atoms with Crippen LogP contribution >= 0.6 is 12.2 Å². The Bertz CT molecular complexity index is 832. The van der Waals surface area contributed by atoms with E-state index in [1.54, 1.807) is 6.20 Å². The van der Waals surface area contributed by atoms with Gasteiger partial charge in [-0.3, -0.25) is 19.5 Å². The van der Waals surface area contributed by atoms with E-state index in [2.05, 4.69) is 27.4 Å². The summed E-state index contributed by atoms with van der Waals surface area (Å²) < 4.78 is 0. The minimum absolute atomic E-state index is 0.163. The molecule has 0 bridgehead atoms. The summed E-state index contributed by atoms with van der Waals surface area (Å²) in [5.74, 6) is -2.15. The Balaban J connectivity index is 1.99. The Morgan fingerprint density at radius 1 is 1.04 bits per heavy atom. The van der Waals surface area contributed by atoms with Crippen molar-refractivity contribution in [2.24, 2.45) is 4.99 Å². The van der Waals surface area contributed by atoms with Gasteiger partial charge in [0, 0.05) is 12.7 Å². The monoisotopic (exact) mass is 385 g/mol. The number of aliphatic imine (C=N–C) groups is 1. The van der Waals surface area contributed by atoms with E-state index < -0.39 is 11.9 Å². The van der Waals surface area contributed by atoms with Gasteiger partial charge < -0.3 is 10.2 Å². The number of benzene rings is 1. The van der Waals surface area contributed by atoms with Gasteiger partial charge in [-0.05, 0) is 60.5 Å². The van der Waals surface area contributed by atoms with Gasteiger partial charge in [0.05, 0.1) is 29.6 Å². The van der Waals surface area contributed by atoms with Crippen LogP contribution in [0.1, 0.15) is 16.8 Å². The van der Waals surface area contributed by atoms with Gasteiger partial charge >= 0.3 is 11.9 Å². The number of aromatic nitrogens is 1. The topological polar surface area (TPSA) is 103 Å². The molecular weight excluding hydrogens is 366 g/mol. The predicted molar refractivity (Wildman–Crippen MR) is 103 cm³/mol. The summed E-state index contributed by atoms with van der Waals surface area (Å²) in [6.07, 6.45) is 3.25. The number of pyridine rings is 1. The van der Waals surface area contributed by atoms with Crippen molar-refractivity contribution in [2.75, 3.05) is 13.1 Å². The number of hydrogen-bond donors (Lipinski definition) is 2. The smallest absolute Gasteiger partial charge is 0.317 e. The number of carbonyl (C=O) groups is 2. The van der Waals surface area contributed by atoms with Crippen molar-refractivity contribution in [1.82, 2.24) is 9.88 Å². The molecule has 1 aromatic carbocycles. The highest BCUT2D eigenvalue weighted by atomic mass is 32.1. The maximum Gasteiger partial charge on any atom is 0.317 e. The zero-order valence-corrected chi connectivity index (χ0v) is 15.4. The van der Waals surface area contributed by atoms with Crippen LogP contribution in [0.15, 0.2) is 47.6 Å². The summed E-state index contributed by atoms with van der Waals surface area (Å²) in [4.78, 5) is 31.3. The molecule has 140 valence electrons. The average Bonchev–Trinajstić information content (AvgIpc) is 2.60. The first kappa shape index (κ1) is 20.4. The third-order valence-corrected chi connectivity index (χ3v) is 3.89. The number of carboxylic acids is 2. The fraction of sp³-hybridized carbons (Fsp3) is 0.263. The number of isothiocyanates is 1. The molecule has 2 aromatic rings. The number of aryl methyl sites for hydroxylation is 2. The molecule has 2 rings (SSSR count). The second kappa shape index (κ2) is 10.3. The first-order valence-electron chi connectivity index (χ1n) is 8.23. The summed E-state index contributed by atoms with van der Waals surface area (Å²) in [6, 6.07) is 11.5. The first-order valence-corrected chi connectivity index (χ1v) is 8.63. The molecule has 27 heavy (non-hydrogen) atoms. The van der Waals surface area contributed by atoms with Crippen molar-refractivity contribution in [3.63, 3.8) is 0 Å². The fourth-order valence-corrected chi connectivity index (χ4v) is 2.73.